The monoisotopic (exact) mass is 320 g/mol. The Labute approximate surface area is 134 Å². The molecule has 0 amide bonds. The summed E-state index contributed by atoms with van der Waals surface area (Å²) in [5, 5.41) is 20.1. The number of halogens is 1. The topological polar surface area (TPSA) is 87.4 Å². The standard InChI is InChI=1S/C15H21FN6O/c1-3-17-15(19-9-14-20-10-21-22(14)2)18-8-13(23)11-6-4-5-7-12(11)16/h4-7,10,13,23H,3,8-9H2,1-2H3,(H2,17,18,19). The second kappa shape index (κ2) is 8.23. The first-order valence-electron chi connectivity index (χ1n) is 7.39. The van der Waals surface area contributed by atoms with Crippen LogP contribution in [0.25, 0.3) is 0 Å². The molecule has 3 N–H and O–H groups in total. The van der Waals surface area contributed by atoms with Gasteiger partial charge in [-0.1, -0.05) is 18.2 Å². The first kappa shape index (κ1) is 16.9. The summed E-state index contributed by atoms with van der Waals surface area (Å²) in [4.78, 5) is 8.46. The van der Waals surface area contributed by atoms with E-state index in [0.29, 0.717) is 19.0 Å². The van der Waals surface area contributed by atoms with Gasteiger partial charge >= 0.3 is 0 Å². The molecular weight excluding hydrogens is 299 g/mol. The van der Waals surface area contributed by atoms with E-state index in [2.05, 4.69) is 25.7 Å². The number of aliphatic imine (C=N–C) groups is 1. The van der Waals surface area contributed by atoms with E-state index < -0.39 is 11.9 Å². The number of rotatable bonds is 6. The average molecular weight is 320 g/mol. The van der Waals surface area contributed by atoms with Gasteiger partial charge in [0.1, 0.15) is 24.5 Å². The fraction of sp³-hybridized carbons (Fsp3) is 0.400. The molecule has 124 valence electrons. The Balaban J connectivity index is 1.96. The van der Waals surface area contributed by atoms with E-state index in [1.165, 1.54) is 12.4 Å². The zero-order chi connectivity index (χ0) is 16.7. The Kier molecular flexibility index (Phi) is 6.04. The van der Waals surface area contributed by atoms with Gasteiger partial charge in [-0.15, -0.1) is 0 Å². The van der Waals surface area contributed by atoms with Crippen molar-refractivity contribution in [2.24, 2.45) is 12.0 Å². The number of aliphatic hydroxyl groups excluding tert-OH is 1. The van der Waals surface area contributed by atoms with Crippen molar-refractivity contribution in [1.29, 1.82) is 0 Å². The van der Waals surface area contributed by atoms with Crippen LogP contribution in [-0.2, 0) is 13.6 Å². The minimum Gasteiger partial charge on any atom is -0.386 e. The lowest BCUT2D eigenvalue weighted by atomic mass is 10.1. The molecule has 0 aliphatic rings. The third kappa shape index (κ3) is 4.75. The normalized spacial score (nSPS) is 13.0. The van der Waals surface area contributed by atoms with Crippen LogP contribution in [0.5, 0.6) is 0 Å². The van der Waals surface area contributed by atoms with E-state index in [0.717, 1.165) is 5.82 Å². The molecule has 1 aromatic carbocycles. The smallest absolute Gasteiger partial charge is 0.191 e. The van der Waals surface area contributed by atoms with Crippen molar-refractivity contribution in [3.63, 3.8) is 0 Å². The molecule has 1 heterocycles. The van der Waals surface area contributed by atoms with Crippen molar-refractivity contribution in [1.82, 2.24) is 25.4 Å². The summed E-state index contributed by atoms with van der Waals surface area (Å²) >= 11 is 0. The molecule has 1 aromatic heterocycles. The van der Waals surface area contributed by atoms with E-state index >= 15 is 0 Å². The first-order valence-corrected chi connectivity index (χ1v) is 7.39. The summed E-state index contributed by atoms with van der Waals surface area (Å²) in [5.74, 6) is 0.811. The minimum atomic E-state index is -0.963. The summed E-state index contributed by atoms with van der Waals surface area (Å²) in [6.07, 6.45) is 0.502. The number of aryl methyl sites for hydroxylation is 1. The Morgan fingerprint density at radius 1 is 1.39 bits per heavy atom. The van der Waals surface area contributed by atoms with Gasteiger partial charge < -0.3 is 15.7 Å². The fourth-order valence-electron chi connectivity index (χ4n) is 2.00. The van der Waals surface area contributed by atoms with Crippen LogP contribution in [0.2, 0.25) is 0 Å². The largest absolute Gasteiger partial charge is 0.386 e. The zero-order valence-electron chi connectivity index (χ0n) is 13.2. The van der Waals surface area contributed by atoms with E-state index in [9.17, 15) is 9.50 Å². The molecular formula is C15H21FN6O. The highest BCUT2D eigenvalue weighted by Crippen LogP contribution is 2.15. The molecule has 1 atom stereocenters. The highest BCUT2D eigenvalue weighted by Gasteiger charge is 2.12. The van der Waals surface area contributed by atoms with Crippen LogP contribution >= 0.6 is 0 Å². The van der Waals surface area contributed by atoms with Crippen LogP contribution in [0.4, 0.5) is 4.39 Å². The van der Waals surface area contributed by atoms with Gasteiger partial charge in [-0.3, -0.25) is 4.68 Å². The van der Waals surface area contributed by atoms with E-state index in [1.807, 2.05) is 6.92 Å². The number of benzene rings is 1. The number of aromatic nitrogens is 3. The Morgan fingerprint density at radius 3 is 2.83 bits per heavy atom. The van der Waals surface area contributed by atoms with Gasteiger partial charge in [0.15, 0.2) is 5.96 Å². The highest BCUT2D eigenvalue weighted by atomic mass is 19.1. The quantitative estimate of drug-likeness (QED) is 0.540. The van der Waals surface area contributed by atoms with Crippen LogP contribution in [0.15, 0.2) is 35.6 Å². The van der Waals surface area contributed by atoms with Gasteiger partial charge in [0, 0.05) is 25.7 Å². The number of hydrogen-bond donors (Lipinski definition) is 3. The number of hydrogen-bond acceptors (Lipinski definition) is 4. The second-order valence-electron chi connectivity index (χ2n) is 4.91. The lowest BCUT2D eigenvalue weighted by molar-refractivity contribution is 0.176. The van der Waals surface area contributed by atoms with Crippen molar-refractivity contribution < 1.29 is 9.50 Å². The molecule has 2 aromatic rings. The third-order valence-electron chi connectivity index (χ3n) is 3.26. The van der Waals surface area contributed by atoms with Gasteiger partial charge in [0.25, 0.3) is 0 Å². The number of guanidine groups is 1. The van der Waals surface area contributed by atoms with Crippen molar-refractivity contribution in [2.45, 2.75) is 19.6 Å². The van der Waals surface area contributed by atoms with E-state index in [4.69, 9.17) is 0 Å². The Hall–Kier alpha value is -2.48. The molecule has 7 nitrogen and oxygen atoms in total. The Morgan fingerprint density at radius 2 is 2.17 bits per heavy atom. The van der Waals surface area contributed by atoms with Gasteiger partial charge in [-0.2, -0.15) is 5.10 Å². The number of nitrogens with zero attached hydrogens (tertiary/aromatic N) is 4. The van der Waals surface area contributed by atoms with Gasteiger partial charge in [0.05, 0.1) is 6.10 Å². The molecule has 0 saturated carbocycles. The van der Waals surface area contributed by atoms with Crippen molar-refractivity contribution in [2.75, 3.05) is 13.1 Å². The maximum atomic E-state index is 13.6. The summed E-state index contributed by atoms with van der Waals surface area (Å²) < 4.78 is 15.3. The van der Waals surface area contributed by atoms with Crippen LogP contribution < -0.4 is 10.6 Å². The minimum absolute atomic E-state index is 0.144. The number of nitrogens with one attached hydrogen (secondary N) is 2. The molecule has 1 unspecified atom stereocenters. The van der Waals surface area contributed by atoms with Crippen LogP contribution in [0, 0.1) is 5.82 Å². The number of aliphatic hydroxyl groups is 1. The predicted octanol–water partition coefficient (Wildman–Crippen LogP) is 0.743. The summed E-state index contributed by atoms with van der Waals surface area (Å²) in [6.45, 7) is 3.10. The summed E-state index contributed by atoms with van der Waals surface area (Å²) in [6, 6.07) is 6.16. The Bertz CT molecular complexity index is 657. The van der Waals surface area contributed by atoms with Crippen LogP contribution in [0.3, 0.4) is 0 Å². The molecule has 0 bridgehead atoms. The molecule has 0 spiro atoms. The second-order valence-corrected chi connectivity index (χ2v) is 4.91. The predicted molar refractivity (Wildman–Crippen MR) is 85.2 cm³/mol. The van der Waals surface area contributed by atoms with Crippen LogP contribution in [-0.4, -0.2) is 38.9 Å². The average Bonchev–Trinajstić information content (AvgIpc) is 2.95. The van der Waals surface area contributed by atoms with Crippen molar-refractivity contribution in [3.05, 3.63) is 47.8 Å². The van der Waals surface area contributed by atoms with E-state index in [1.54, 1.807) is 29.9 Å². The van der Waals surface area contributed by atoms with Gasteiger partial charge in [-0.05, 0) is 13.0 Å². The van der Waals surface area contributed by atoms with Gasteiger partial charge in [0.2, 0.25) is 0 Å². The molecule has 0 saturated heterocycles. The molecule has 23 heavy (non-hydrogen) atoms. The molecule has 0 aliphatic carbocycles. The van der Waals surface area contributed by atoms with Crippen LogP contribution in [0.1, 0.15) is 24.4 Å². The molecule has 0 fully saturated rings. The maximum absolute atomic E-state index is 13.6. The lowest BCUT2D eigenvalue weighted by Gasteiger charge is -2.16. The SMILES string of the molecule is CCNC(=NCc1ncnn1C)NCC(O)c1ccccc1F. The highest BCUT2D eigenvalue weighted by molar-refractivity contribution is 5.79. The molecule has 0 aliphatic heterocycles. The van der Waals surface area contributed by atoms with E-state index in [-0.39, 0.29) is 12.1 Å². The van der Waals surface area contributed by atoms with Crippen molar-refractivity contribution in [3.8, 4) is 0 Å². The maximum Gasteiger partial charge on any atom is 0.191 e. The lowest BCUT2D eigenvalue weighted by Crippen LogP contribution is -2.39. The molecule has 8 heteroatoms. The summed E-state index contributed by atoms with van der Waals surface area (Å²) in [7, 11) is 1.79. The zero-order valence-corrected chi connectivity index (χ0v) is 13.2. The van der Waals surface area contributed by atoms with Gasteiger partial charge in [-0.25, -0.2) is 14.4 Å². The third-order valence-corrected chi connectivity index (χ3v) is 3.26. The first-order chi connectivity index (χ1) is 11.1. The summed E-state index contributed by atoms with van der Waals surface area (Å²) in [5.41, 5.74) is 0.254. The van der Waals surface area contributed by atoms with Crippen molar-refractivity contribution >= 4 is 5.96 Å². The molecule has 2 rings (SSSR count). The molecule has 0 radical (unpaired) electrons. The fourth-order valence-corrected chi connectivity index (χ4v) is 2.00.